The molecule has 3 fully saturated rings. The largest absolute Gasteiger partial charge is 0.396 e. The molecule has 1 aromatic carbocycles. The van der Waals surface area contributed by atoms with E-state index in [-0.39, 0.29) is 24.3 Å². The van der Waals surface area contributed by atoms with E-state index in [1.165, 1.54) is 0 Å². The fourth-order valence-electron chi connectivity index (χ4n) is 6.98. The molecule has 0 radical (unpaired) electrons. The molecule has 3 heterocycles. The van der Waals surface area contributed by atoms with Gasteiger partial charge < -0.3 is 25.4 Å². The van der Waals surface area contributed by atoms with Gasteiger partial charge in [0.25, 0.3) is 0 Å². The van der Waals surface area contributed by atoms with Crippen molar-refractivity contribution in [2.24, 2.45) is 11.8 Å². The fraction of sp³-hybridized carbons (Fsp3) is 0.700. The van der Waals surface area contributed by atoms with E-state index in [1.54, 1.807) is 4.90 Å². The van der Waals surface area contributed by atoms with Crippen molar-refractivity contribution in [2.45, 2.75) is 102 Å². The molecule has 3 amide bonds. The summed E-state index contributed by atoms with van der Waals surface area (Å²) in [6, 6.07) is 9.02. The Hall–Kier alpha value is -2.45. The number of amides is 3. The van der Waals surface area contributed by atoms with Gasteiger partial charge in [0.2, 0.25) is 17.7 Å². The molecule has 8 heteroatoms. The highest BCUT2D eigenvalue weighted by molar-refractivity contribution is 5.99. The van der Waals surface area contributed by atoms with Gasteiger partial charge in [0, 0.05) is 26.2 Å². The highest BCUT2D eigenvalue weighted by Crippen LogP contribution is 2.64. The minimum Gasteiger partial charge on any atom is -0.396 e. The van der Waals surface area contributed by atoms with E-state index >= 15 is 0 Å². The summed E-state index contributed by atoms with van der Waals surface area (Å²) in [6.07, 6.45) is 8.10. The Balaban J connectivity index is 1.58. The zero-order valence-electron chi connectivity index (χ0n) is 23.0. The molecule has 2 bridgehead atoms. The topological polar surface area (TPSA) is 108 Å². The highest BCUT2D eigenvalue weighted by Gasteiger charge is 2.78. The Kier molecular flexibility index (Phi) is 9.47. The van der Waals surface area contributed by atoms with Gasteiger partial charge in [-0.15, -0.1) is 0 Å². The van der Waals surface area contributed by atoms with Crippen LogP contribution in [-0.4, -0.2) is 64.7 Å². The number of aliphatic hydroxyl groups is 1. The summed E-state index contributed by atoms with van der Waals surface area (Å²) in [6.45, 7) is 5.71. The van der Waals surface area contributed by atoms with Crippen LogP contribution in [0.5, 0.6) is 0 Å². The molecule has 3 aliphatic rings. The molecule has 0 aliphatic carbocycles. The molecule has 1 aromatic rings. The van der Waals surface area contributed by atoms with Gasteiger partial charge >= 0.3 is 0 Å². The molecule has 3 N–H and O–H groups in total. The first-order valence-corrected chi connectivity index (χ1v) is 14.6. The highest BCUT2D eigenvalue weighted by atomic mass is 16.5. The van der Waals surface area contributed by atoms with Crippen molar-refractivity contribution in [3.8, 4) is 0 Å². The molecular weight excluding hydrogens is 482 g/mol. The van der Waals surface area contributed by atoms with Crippen LogP contribution < -0.4 is 10.6 Å². The van der Waals surface area contributed by atoms with Crippen molar-refractivity contribution in [3.05, 3.63) is 35.9 Å². The summed E-state index contributed by atoms with van der Waals surface area (Å²) in [5, 5.41) is 15.3. The number of aliphatic hydroxyl groups excluding tert-OH is 1. The number of hydrogen-bond donors (Lipinski definition) is 3. The maximum Gasteiger partial charge on any atom is 0.245 e. The third-order valence-electron chi connectivity index (χ3n) is 8.91. The van der Waals surface area contributed by atoms with Crippen LogP contribution in [0.3, 0.4) is 0 Å². The van der Waals surface area contributed by atoms with Gasteiger partial charge in [-0.2, -0.15) is 0 Å². The Morgan fingerprint density at radius 2 is 1.76 bits per heavy atom. The van der Waals surface area contributed by atoms with E-state index in [2.05, 4.69) is 17.6 Å². The number of hydrogen-bond acceptors (Lipinski definition) is 5. The number of nitrogens with one attached hydrogen (secondary N) is 2. The molecule has 210 valence electrons. The zero-order chi connectivity index (χ0) is 27.2. The lowest BCUT2D eigenvalue weighted by Crippen LogP contribution is -2.55. The van der Waals surface area contributed by atoms with Crippen molar-refractivity contribution in [1.82, 2.24) is 15.5 Å². The molecule has 1 spiro atoms. The third kappa shape index (κ3) is 5.34. The lowest BCUT2D eigenvalue weighted by atomic mass is 9.65. The molecule has 38 heavy (non-hydrogen) atoms. The summed E-state index contributed by atoms with van der Waals surface area (Å²) >= 11 is 0. The van der Waals surface area contributed by atoms with Crippen LogP contribution in [0.15, 0.2) is 30.3 Å². The Morgan fingerprint density at radius 1 is 1.00 bits per heavy atom. The molecular formula is C30H45N3O5. The van der Waals surface area contributed by atoms with E-state index in [0.29, 0.717) is 38.9 Å². The summed E-state index contributed by atoms with van der Waals surface area (Å²) in [4.78, 5) is 43.2. The average molecular weight is 528 g/mol. The number of ether oxygens (including phenoxy) is 1. The lowest BCUT2D eigenvalue weighted by molar-refractivity contribution is -0.147. The molecule has 2 unspecified atom stereocenters. The predicted molar refractivity (Wildman–Crippen MR) is 145 cm³/mol. The Morgan fingerprint density at radius 3 is 2.47 bits per heavy atom. The van der Waals surface area contributed by atoms with Gasteiger partial charge in [-0.1, -0.05) is 69.9 Å². The van der Waals surface area contributed by atoms with Crippen molar-refractivity contribution in [2.75, 3.05) is 19.7 Å². The van der Waals surface area contributed by atoms with E-state index in [4.69, 9.17) is 9.84 Å². The molecule has 3 aliphatic heterocycles. The van der Waals surface area contributed by atoms with Crippen LogP contribution in [0.2, 0.25) is 0 Å². The first-order chi connectivity index (χ1) is 18.4. The van der Waals surface area contributed by atoms with E-state index in [9.17, 15) is 14.4 Å². The van der Waals surface area contributed by atoms with Crippen LogP contribution >= 0.6 is 0 Å². The summed E-state index contributed by atoms with van der Waals surface area (Å²) in [5.41, 5.74) is -0.701. The van der Waals surface area contributed by atoms with Crippen LogP contribution in [0, 0.1) is 11.8 Å². The standard InChI is InChI=1S/C30H45N3O5/c1-3-5-11-18-31-27(36)25-30-17-16-29(4-2,38-30)23(26(35)32-21-22-14-9-8-10-15-22)24(30)28(37)33(25)19-12-6-7-13-20-34/h8-10,14-15,23-25,34H,3-7,11-13,16-21H2,1-2H3,(H,31,36)(H,32,35)/t23-,24+,25?,29+,30?/m1/s1. The van der Waals surface area contributed by atoms with Crippen LogP contribution in [0.1, 0.15) is 83.6 Å². The number of carbonyl (C=O) groups excluding carboxylic acids is 3. The average Bonchev–Trinajstić information content (AvgIpc) is 3.54. The van der Waals surface area contributed by atoms with Crippen molar-refractivity contribution >= 4 is 17.7 Å². The number of rotatable bonds is 15. The van der Waals surface area contributed by atoms with Crippen molar-refractivity contribution in [1.29, 1.82) is 0 Å². The fourth-order valence-corrected chi connectivity index (χ4v) is 6.98. The molecule has 5 atom stereocenters. The van der Waals surface area contributed by atoms with E-state index in [1.807, 2.05) is 37.3 Å². The monoisotopic (exact) mass is 527 g/mol. The number of unbranched alkanes of at least 4 members (excludes halogenated alkanes) is 5. The first-order valence-electron chi connectivity index (χ1n) is 14.6. The number of benzene rings is 1. The minimum atomic E-state index is -0.970. The summed E-state index contributed by atoms with van der Waals surface area (Å²) in [7, 11) is 0. The van der Waals surface area contributed by atoms with Gasteiger partial charge in [-0.05, 0) is 44.1 Å². The maximum absolute atomic E-state index is 14.1. The second kappa shape index (κ2) is 12.6. The van der Waals surface area contributed by atoms with Gasteiger partial charge in [0.05, 0.1) is 17.4 Å². The molecule has 3 saturated heterocycles. The van der Waals surface area contributed by atoms with Crippen LogP contribution in [-0.2, 0) is 25.7 Å². The summed E-state index contributed by atoms with van der Waals surface area (Å²) < 4.78 is 6.80. The molecule has 8 nitrogen and oxygen atoms in total. The second-order valence-corrected chi connectivity index (χ2v) is 11.2. The molecule has 4 rings (SSSR count). The van der Waals surface area contributed by atoms with Crippen molar-refractivity contribution < 1.29 is 24.2 Å². The van der Waals surface area contributed by atoms with Gasteiger partial charge in [-0.3, -0.25) is 14.4 Å². The smallest absolute Gasteiger partial charge is 0.245 e. The zero-order valence-corrected chi connectivity index (χ0v) is 23.0. The SMILES string of the molecule is CCCCCNC(=O)C1N(CCCCCCO)C(=O)[C@@H]2[C@H](C(=O)NCc3ccccc3)[C@]3(CC)CCC12O3. The van der Waals surface area contributed by atoms with Crippen LogP contribution in [0.4, 0.5) is 0 Å². The van der Waals surface area contributed by atoms with E-state index in [0.717, 1.165) is 50.5 Å². The summed E-state index contributed by atoms with van der Waals surface area (Å²) in [5.74, 6) is -1.73. The third-order valence-corrected chi connectivity index (χ3v) is 8.91. The number of fused-ring (bicyclic) bond motifs is 1. The van der Waals surface area contributed by atoms with Gasteiger partial charge in [0.1, 0.15) is 11.6 Å². The van der Waals surface area contributed by atoms with E-state index < -0.39 is 29.1 Å². The normalized spacial score (nSPS) is 29.5. The lowest BCUT2D eigenvalue weighted by Gasteiger charge is -2.34. The minimum absolute atomic E-state index is 0.129. The number of likely N-dealkylation sites (tertiary alicyclic amines) is 1. The molecule has 0 aromatic heterocycles. The quantitative estimate of drug-likeness (QED) is 0.303. The first kappa shape index (κ1) is 28.6. The van der Waals surface area contributed by atoms with Crippen LogP contribution in [0.25, 0.3) is 0 Å². The predicted octanol–water partition coefficient (Wildman–Crippen LogP) is 3.32. The number of nitrogens with zero attached hydrogens (tertiary/aromatic N) is 1. The Labute approximate surface area is 226 Å². The van der Waals surface area contributed by atoms with Gasteiger partial charge in [-0.25, -0.2) is 0 Å². The van der Waals surface area contributed by atoms with Crippen molar-refractivity contribution in [3.63, 3.8) is 0 Å². The second-order valence-electron chi connectivity index (χ2n) is 11.2. The maximum atomic E-state index is 14.1. The number of carbonyl (C=O) groups is 3. The van der Waals surface area contributed by atoms with Gasteiger partial charge in [0.15, 0.2) is 0 Å². The molecule has 0 saturated carbocycles. The Bertz CT molecular complexity index is 972.